The predicted molar refractivity (Wildman–Crippen MR) is 184 cm³/mol. The van der Waals surface area contributed by atoms with Crippen molar-refractivity contribution < 1.29 is 65.9 Å². The maximum Gasteiger partial charge on any atom is 0.422 e. The Morgan fingerprint density at radius 2 is 1.74 bits per heavy atom. The summed E-state index contributed by atoms with van der Waals surface area (Å²) in [6, 6.07) is 5.24. The molecule has 3 fully saturated rings. The number of fused-ring (bicyclic) bond motifs is 1. The van der Waals surface area contributed by atoms with Crippen LogP contribution in [0.2, 0.25) is 0 Å². The summed E-state index contributed by atoms with van der Waals surface area (Å²) in [4.78, 5) is 63.3. The summed E-state index contributed by atoms with van der Waals surface area (Å²) in [5, 5.41) is 15.1. The molecule has 0 bridgehead atoms. The second kappa shape index (κ2) is 17.0. The van der Waals surface area contributed by atoms with E-state index >= 15 is 0 Å². The molecule has 54 heavy (non-hydrogen) atoms. The van der Waals surface area contributed by atoms with Crippen molar-refractivity contribution in [2.24, 2.45) is 11.8 Å². The summed E-state index contributed by atoms with van der Waals surface area (Å²) in [7, 11) is 0. The van der Waals surface area contributed by atoms with Crippen LogP contribution in [0.3, 0.4) is 0 Å². The average Bonchev–Trinajstić information content (AvgIpc) is 4.04. The van der Waals surface area contributed by atoms with Gasteiger partial charge in [0.15, 0.2) is 12.4 Å². The molecular weight excluding hydrogens is 717 g/mol. The standard InChI is InChI=1S/C38H47F3N2O11/c1-36(2,3)53-32(47)14-12-27(20-44)43-30(45)15-16-42-34(48)24-18-28(33-29(19-24)52-38(54-33,25-8-9-25)26-10-11-26)51-35(49)23-6-4-5-22(17-23)7-13-31(46)50-21-37(39,40)41/h4-7,13,17,19,25-29,33,44H,8-12,14-16,18,20-21H2,1-3H3,(H,42,48)(H,43,45)/t27-,28+,29+,33-/m0/s1. The van der Waals surface area contributed by atoms with Gasteiger partial charge in [-0.25, -0.2) is 9.59 Å². The molecule has 13 nitrogen and oxygen atoms in total. The Labute approximate surface area is 310 Å². The lowest BCUT2D eigenvalue weighted by molar-refractivity contribution is -0.209. The second-order valence-electron chi connectivity index (χ2n) is 15.0. The van der Waals surface area contributed by atoms with Gasteiger partial charge in [0.25, 0.3) is 0 Å². The van der Waals surface area contributed by atoms with E-state index in [0.717, 1.165) is 31.8 Å². The molecule has 4 atom stereocenters. The van der Waals surface area contributed by atoms with Crippen molar-refractivity contribution in [2.75, 3.05) is 19.8 Å². The Balaban J connectivity index is 1.20. The highest BCUT2D eigenvalue weighted by atomic mass is 19.4. The monoisotopic (exact) mass is 764 g/mol. The predicted octanol–water partition coefficient (Wildman–Crippen LogP) is 4.07. The minimum Gasteiger partial charge on any atom is -0.460 e. The van der Waals surface area contributed by atoms with Crippen LogP contribution in [0, 0.1) is 11.8 Å². The van der Waals surface area contributed by atoms with Gasteiger partial charge in [-0.2, -0.15) is 13.2 Å². The van der Waals surface area contributed by atoms with Gasteiger partial charge >= 0.3 is 24.1 Å². The molecule has 1 heterocycles. The molecule has 0 unspecified atom stereocenters. The minimum atomic E-state index is -4.67. The van der Waals surface area contributed by atoms with E-state index in [1.54, 1.807) is 26.8 Å². The van der Waals surface area contributed by atoms with Gasteiger partial charge in [0.1, 0.15) is 23.9 Å². The number of halogens is 3. The van der Waals surface area contributed by atoms with Gasteiger partial charge in [-0.1, -0.05) is 12.1 Å². The van der Waals surface area contributed by atoms with Gasteiger partial charge in [-0.15, -0.1) is 0 Å². The Bertz CT molecular complexity index is 1620. The molecule has 1 aromatic rings. The van der Waals surface area contributed by atoms with Crippen molar-refractivity contribution in [3.63, 3.8) is 0 Å². The second-order valence-corrected chi connectivity index (χ2v) is 15.0. The van der Waals surface area contributed by atoms with E-state index in [-0.39, 0.29) is 61.8 Å². The fourth-order valence-electron chi connectivity index (χ4n) is 6.51. The third kappa shape index (κ3) is 11.6. The zero-order chi connectivity index (χ0) is 39.3. The number of amides is 2. The first kappa shape index (κ1) is 40.9. The van der Waals surface area contributed by atoms with Crippen LogP contribution in [0.15, 0.2) is 42.0 Å². The first-order valence-electron chi connectivity index (χ1n) is 18.1. The summed E-state index contributed by atoms with van der Waals surface area (Å²) in [6.45, 7) is 3.07. The number of esters is 3. The van der Waals surface area contributed by atoms with Gasteiger partial charge < -0.3 is 39.4 Å². The van der Waals surface area contributed by atoms with Gasteiger partial charge in [-0.3, -0.25) is 14.4 Å². The number of nitrogens with one attached hydrogen (secondary N) is 2. The number of ether oxygens (including phenoxy) is 5. The van der Waals surface area contributed by atoms with Crippen molar-refractivity contribution in [1.29, 1.82) is 0 Å². The van der Waals surface area contributed by atoms with Gasteiger partial charge in [0, 0.05) is 49.3 Å². The maximum absolute atomic E-state index is 13.5. The average molecular weight is 765 g/mol. The van der Waals surface area contributed by atoms with Gasteiger partial charge in [0.05, 0.1) is 18.2 Å². The molecule has 1 aliphatic heterocycles. The molecule has 0 radical (unpaired) electrons. The van der Waals surface area contributed by atoms with Crippen LogP contribution in [-0.2, 0) is 42.9 Å². The van der Waals surface area contributed by atoms with Crippen molar-refractivity contribution in [2.45, 2.75) is 114 Å². The van der Waals surface area contributed by atoms with Crippen LogP contribution >= 0.6 is 0 Å². The smallest absolute Gasteiger partial charge is 0.422 e. The lowest BCUT2D eigenvalue weighted by Gasteiger charge is -2.31. The lowest BCUT2D eigenvalue weighted by atomic mass is 9.91. The molecule has 2 saturated carbocycles. The number of carbonyl (C=O) groups is 5. The number of aliphatic hydroxyl groups excluding tert-OH is 1. The molecule has 1 saturated heterocycles. The van der Waals surface area contributed by atoms with E-state index < -0.39 is 78.2 Å². The Kier molecular flexibility index (Phi) is 12.9. The van der Waals surface area contributed by atoms with Crippen molar-refractivity contribution in [3.8, 4) is 0 Å². The van der Waals surface area contributed by atoms with Crippen LogP contribution in [0.25, 0.3) is 6.08 Å². The third-order valence-electron chi connectivity index (χ3n) is 9.21. The Hall–Kier alpha value is -4.28. The zero-order valence-corrected chi connectivity index (χ0v) is 30.4. The lowest BCUT2D eigenvalue weighted by Crippen LogP contribution is -2.44. The first-order chi connectivity index (χ1) is 25.4. The van der Waals surface area contributed by atoms with Crippen molar-refractivity contribution >= 4 is 35.8 Å². The Morgan fingerprint density at radius 3 is 2.37 bits per heavy atom. The molecule has 16 heteroatoms. The Morgan fingerprint density at radius 1 is 1.04 bits per heavy atom. The highest BCUT2D eigenvalue weighted by molar-refractivity contribution is 5.95. The maximum atomic E-state index is 13.5. The number of hydrogen-bond acceptors (Lipinski definition) is 11. The van der Waals surface area contributed by atoms with E-state index in [0.29, 0.717) is 5.56 Å². The summed E-state index contributed by atoms with van der Waals surface area (Å²) in [6.07, 6.45) is 0.513. The van der Waals surface area contributed by atoms with Crippen LogP contribution < -0.4 is 10.6 Å². The van der Waals surface area contributed by atoms with Crippen molar-refractivity contribution in [3.05, 3.63) is 53.1 Å². The number of aliphatic hydroxyl groups is 1. The fraction of sp³-hybridized carbons (Fsp3) is 0.605. The van der Waals surface area contributed by atoms with Crippen LogP contribution in [0.1, 0.15) is 88.1 Å². The molecule has 4 aliphatic rings. The van der Waals surface area contributed by atoms with E-state index in [4.69, 9.17) is 18.9 Å². The molecule has 5 rings (SSSR count). The molecule has 0 aromatic heterocycles. The van der Waals surface area contributed by atoms with E-state index in [1.807, 2.05) is 0 Å². The van der Waals surface area contributed by atoms with E-state index in [1.165, 1.54) is 30.3 Å². The summed E-state index contributed by atoms with van der Waals surface area (Å²) < 4.78 is 65.7. The van der Waals surface area contributed by atoms with Gasteiger partial charge in [-0.05, 0) is 82.7 Å². The molecule has 2 amide bonds. The third-order valence-corrected chi connectivity index (χ3v) is 9.21. The minimum absolute atomic E-state index is 0.00338. The quantitative estimate of drug-likeness (QED) is 0.126. The SMILES string of the molecule is CC(C)(C)OC(=O)CC[C@@H](CO)NC(=O)CCNC(=O)C1=C[C@H]2OC(C3CC3)(C3CC3)O[C@H]2[C@H](OC(=O)c2cccc(C=CC(=O)OCC(F)(F)F)c2)C1. The number of rotatable bonds is 16. The highest BCUT2D eigenvalue weighted by Gasteiger charge is 2.64. The van der Waals surface area contributed by atoms with E-state index in [9.17, 15) is 42.3 Å². The number of benzene rings is 1. The molecule has 1 aromatic carbocycles. The number of hydrogen-bond donors (Lipinski definition) is 3. The van der Waals surface area contributed by atoms with Crippen molar-refractivity contribution in [1.82, 2.24) is 10.6 Å². The number of carbonyl (C=O) groups excluding carboxylic acids is 5. The van der Waals surface area contributed by atoms with Crippen LogP contribution in [0.4, 0.5) is 13.2 Å². The largest absolute Gasteiger partial charge is 0.460 e. The summed E-state index contributed by atoms with van der Waals surface area (Å²) in [5.74, 6) is -3.80. The molecule has 3 N–H and O–H groups in total. The first-order valence-corrected chi connectivity index (χ1v) is 18.1. The van der Waals surface area contributed by atoms with E-state index in [2.05, 4.69) is 15.4 Å². The molecular formula is C38H47F3N2O11. The van der Waals surface area contributed by atoms with Crippen LogP contribution in [-0.4, -0.2) is 96.5 Å². The summed E-state index contributed by atoms with van der Waals surface area (Å²) >= 11 is 0. The topological polar surface area (TPSA) is 176 Å². The fourth-order valence-corrected chi connectivity index (χ4v) is 6.51. The zero-order valence-electron chi connectivity index (χ0n) is 30.4. The molecule has 3 aliphatic carbocycles. The summed E-state index contributed by atoms with van der Waals surface area (Å²) in [5.41, 5.74) is 0.0381. The molecule has 296 valence electrons. The van der Waals surface area contributed by atoms with Gasteiger partial charge in [0.2, 0.25) is 11.8 Å². The van der Waals surface area contributed by atoms with Crippen LogP contribution in [0.5, 0.6) is 0 Å². The molecule has 0 spiro atoms. The highest BCUT2D eigenvalue weighted by Crippen LogP contribution is 2.59. The number of alkyl halides is 3. The normalized spacial score (nSPS) is 22.8.